The van der Waals surface area contributed by atoms with Gasteiger partial charge >= 0.3 is 0 Å². The van der Waals surface area contributed by atoms with Gasteiger partial charge in [0.1, 0.15) is 0 Å². The Hall–Kier alpha value is -2.69. The average molecular weight is 411 g/mol. The summed E-state index contributed by atoms with van der Waals surface area (Å²) in [5, 5.41) is 8.22. The fourth-order valence-electron chi connectivity index (χ4n) is 3.59. The van der Waals surface area contributed by atoms with Gasteiger partial charge in [0.05, 0.1) is 17.4 Å². The molecule has 6 heteroatoms. The Kier molecular flexibility index (Phi) is 4.38. The molecule has 0 saturated heterocycles. The van der Waals surface area contributed by atoms with Crippen molar-refractivity contribution in [1.82, 2.24) is 0 Å². The molecule has 0 aliphatic carbocycles. The molecule has 2 aliphatic heterocycles. The lowest BCUT2D eigenvalue weighted by Gasteiger charge is -2.24. The van der Waals surface area contributed by atoms with E-state index in [-0.39, 0.29) is 12.8 Å². The molecular formula is C22H16Cl2N2O2. The van der Waals surface area contributed by atoms with Crippen molar-refractivity contribution in [3.8, 4) is 11.5 Å². The van der Waals surface area contributed by atoms with E-state index in [0.717, 1.165) is 40.4 Å². The number of hydrogen-bond donors (Lipinski definition) is 0. The summed E-state index contributed by atoms with van der Waals surface area (Å²) < 4.78 is 10.9. The largest absolute Gasteiger partial charge is 0.454 e. The van der Waals surface area contributed by atoms with Crippen molar-refractivity contribution in [1.29, 1.82) is 0 Å². The molecule has 0 radical (unpaired) electrons. The summed E-state index contributed by atoms with van der Waals surface area (Å²) in [6, 6.07) is 21.6. The van der Waals surface area contributed by atoms with Crippen LogP contribution in [0.25, 0.3) is 0 Å². The van der Waals surface area contributed by atoms with Gasteiger partial charge in [0, 0.05) is 22.0 Å². The summed E-state index contributed by atoms with van der Waals surface area (Å²) in [7, 11) is 0. The number of benzene rings is 3. The number of hydrazone groups is 1. The summed E-state index contributed by atoms with van der Waals surface area (Å²) in [5.41, 5.74) is 3.99. The summed E-state index contributed by atoms with van der Waals surface area (Å²) in [6.07, 6.45) is 0.718. The maximum atomic E-state index is 6.53. The number of nitrogens with zero attached hydrogens (tertiary/aromatic N) is 2. The van der Waals surface area contributed by atoms with Crippen molar-refractivity contribution in [2.75, 3.05) is 11.8 Å². The van der Waals surface area contributed by atoms with E-state index in [0.29, 0.717) is 10.0 Å². The van der Waals surface area contributed by atoms with Gasteiger partial charge in [-0.3, -0.25) is 5.01 Å². The van der Waals surface area contributed by atoms with Gasteiger partial charge in [-0.2, -0.15) is 5.10 Å². The third-order valence-electron chi connectivity index (χ3n) is 4.96. The first kappa shape index (κ1) is 17.4. The number of halogens is 2. The van der Waals surface area contributed by atoms with Gasteiger partial charge in [-0.15, -0.1) is 0 Å². The molecule has 2 aliphatic rings. The van der Waals surface area contributed by atoms with Crippen molar-refractivity contribution in [2.24, 2.45) is 5.10 Å². The van der Waals surface area contributed by atoms with Crippen LogP contribution in [-0.2, 0) is 0 Å². The highest BCUT2D eigenvalue weighted by molar-refractivity contribution is 6.35. The van der Waals surface area contributed by atoms with E-state index in [1.165, 1.54) is 0 Å². The Bertz CT molecular complexity index is 1070. The number of hydrogen-bond acceptors (Lipinski definition) is 4. The molecule has 5 rings (SSSR count). The van der Waals surface area contributed by atoms with Crippen LogP contribution in [0, 0.1) is 0 Å². The molecule has 1 atom stereocenters. The summed E-state index contributed by atoms with van der Waals surface area (Å²) in [5.74, 6) is 1.51. The summed E-state index contributed by atoms with van der Waals surface area (Å²) in [6.45, 7) is 0.254. The fourth-order valence-corrected chi connectivity index (χ4v) is 4.13. The maximum absolute atomic E-state index is 6.53. The van der Waals surface area contributed by atoms with E-state index < -0.39 is 0 Å². The standard InChI is InChI=1S/C22H16Cl2N2O2/c23-15-7-8-17(18(24)11-15)20-12-19(25-26(20)16-4-2-1-3-5-16)14-6-9-21-22(10-14)28-13-27-21/h1-11,20H,12-13H2. The second-order valence-corrected chi connectivity index (χ2v) is 7.52. The highest BCUT2D eigenvalue weighted by Gasteiger charge is 2.32. The van der Waals surface area contributed by atoms with Gasteiger partial charge in [0.15, 0.2) is 11.5 Å². The third kappa shape index (κ3) is 3.09. The molecule has 3 aromatic rings. The first-order valence-corrected chi connectivity index (χ1v) is 9.71. The average Bonchev–Trinajstić information content (AvgIpc) is 3.35. The van der Waals surface area contributed by atoms with Crippen LogP contribution in [0.3, 0.4) is 0 Å². The third-order valence-corrected chi connectivity index (χ3v) is 5.52. The minimum atomic E-state index is -0.0208. The number of rotatable bonds is 3. The number of anilines is 1. The highest BCUT2D eigenvalue weighted by Crippen LogP contribution is 2.41. The SMILES string of the molecule is Clc1ccc(C2CC(c3ccc4c(c3)OCO4)=NN2c2ccccc2)c(Cl)c1. The van der Waals surface area contributed by atoms with Gasteiger partial charge in [-0.25, -0.2) is 0 Å². The van der Waals surface area contributed by atoms with Crippen LogP contribution in [0.5, 0.6) is 11.5 Å². The van der Waals surface area contributed by atoms with E-state index in [9.17, 15) is 0 Å². The van der Waals surface area contributed by atoms with Gasteiger partial charge in [0.2, 0.25) is 6.79 Å². The molecule has 1 unspecified atom stereocenters. The minimum Gasteiger partial charge on any atom is -0.454 e. The Labute approximate surface area is 172 Å². The van der Waals surface area contributed by atoms with Crippen LogP contribution < -0.4 is 14.5 Å². The van der Waals surface area contributed by atoms with Gasteiger partial charge in [0.25, 0.3) is 0 Å². The van der Waals surface area contributed by atoms with Crippen molar-refractivity contribution >= 4 is 34.6 Å². The molecule has 0 amide bonds. The monoisotopic (exact) mass is 410 g/mol. The molecule has 0 aromatic heterocycles. The first-order chi connectivity index (χ1) is 13.7. The first-order valence-electron chi connectivity index (χ1n) is 8.96. The van der Waals surface area contributed by atoms with Crippen LogP contribution in [0.4, 0.5) is 5.69 Å². The van der Waals surface area contributed by atoms with Gasteiger partial charge in [-0.05, 0) is 48.0 Å². The zero-order chi connectivity index (χ0) is 19.1. The second-order valence-electron chi connectivity index (χ2n) is 6.68. The quantitative estimate of drug-likeness (QED) is 0.524. The maximum Gasteiger partial charge on any atom is 0.231 e. The van der Waals surface area contributed by atoms with Crippen molar-refractivity contribution < 1.29 is 9.47 Å². The van der Waals surface area contributed by atoms with Crippen molar-refractivity contribution in [3.05, 3.63) is 87.9 Å². The van der Waals surface area contributed by atoms with E-state index in [4.69, 9.17) is 37.8 Å². The topological polar surface area (TPSA) is 34.1 Å². The second kappa shape index (κ2) is 7.04. The van der Waals surface area contributed by atoms with Crippen molar-refractivity contribution in [2.45, 2.75) is 12.5 Å². The summed E-state index contributed by atoms with van der Waals surface area (Å²) >= 11 is 12.6. The Balaban J connectivity index is 1.56. The number of fused-ring (bicyclic) bond motifs is 1. The smallest absolute Gasteiger partial charge is 0.231 e. The lowest BCUT2D eigenvalue weighted by atomic mass is 9.98. The number of para-hydroxylation sites is 1. The molecule has 0 saturated carbocycles. The molecular weight excluding hydrogens is 395 g/mol. The van der Waals surface area contributed by atoms with Crippen LogP contribution >= 0.6 is 23.2 Å². The van der Waals surface area contributed by atoms with Crippen LogP contribution in [-0.4, -0.2) is 12.5 Å². The predicted molar refractivity (Wildman–Crippen MR) is 112 cm³/mol. The highest BCUT2D eigenvalue weighted by atomic mass is 35.5. The lowest BCUT2D eigenvalue weighted by Crippen LogP contribution is -2.18. The zero-order valence-electron chi connectivity index (χ0n) is 14.8. The normalized spacial score (nSPS) is 17.7. The molecule has 0 bridgehead atoms. The van der Waals surface area contributed by atoms with E-state index in [1.54, 1.807) is 6.07 Å². The van der Waals surface area contributed by atoms with Gasteiger partial charge < -0.3 is 9.47 Å². The predicted octanol–water partition coefficient (Wildman–Crippen LogP) is 6.08. The molecule has 3 aromatic carbocycles. The molecule has 140 valence electrons. The molecule has 0 N–H and O–H groups in total. The van der Waals surface area contributed by atoms with Crippen molar-refractivity contribution in [3.63, 3.8) is 0 Å². The summed E-state index contributed by atoms with van der Waals surface area (Å²) in [4.78, 5) is 0. The van der Waals surface area contributed by atoms with E-state index in [2.05, 4.69) is 0 Å². The van der Waals surface area contributed by atoms with Crippen LogP contribution in [0.15, 0.2) is 71.8 Å². The number of ether oxygens (including phenoxy) is 2. The van der Waals surface area contributed by atoms with Crippen LogP contribution in [0.1, 0.15) is 23.6 Å². The minimum absolute atomic E-state index is 0.0208. The van der Waals surface area contributed by atoms with E-state index in [1.807, 2.05) is 65.7 Å². The fraction of sp³-hybridized carbons (Fsp3) is 0.136. The Morgan fingerprint density at radius 2 is 1.71 bits per heavy atom. The zero-order valence-corrected chi connectivity index (χ0v) is 16.3. The molecule has 28 heavy (non-hydrogen) atoms. The van der Waals surface area contributed by atoms with E-state index >= 15 is 0 Å². The Morgan fingerprint density at radius 1 is 0.893 bits per heavy atom. The van der Waals surface area contributed by atoms with Crippen LogP contribution in [0.2, 0.25) is 10.0 Å². The molecule has 0 spiro atoms. The lowest BCUT2D eigenvalue weighted by molar-refractivity contribution is 0.174. The molecule has 4 nitrogen and oxygen atoms in total. The Morgan fingerprint density at radius 3 is 2.54 bits per heavy atom. The molecule has 2 heterocycles. The molecule has 0 fully saturated rings. The van der Waals surface area contributed by atoms with Gasteiger partial charge in [-0.1, -0.05) is 47.5 Å².